The van der Waals surface area contributed by atoms with E-state index in [0.717, 1.165) is 6.04 Å². The lowest BCUT2D eigenvalue weighted by Crippen LogP contribution is -2.60. The van der Waals surface area contributed by atoms with Crippen LogP contribution >= 0.6 is 0 Å². The highest BCUT2D eigenvalue weighted by molar-refractivity contribution is 4.75. The molecule has 0 aromatic heterocycles. The molecular formula is C12H25N3+. The lowest BCUT2D eigenvalue weighted by atomic mass is 9.95. The van der Waals surface area contributed by atoms with Gasteiger partial charge >= 0.3 is 0 Å². The van der Waals surface area contributed by atoms with Crippen LogP contribution in [0.1, 0.15) is 25.7 Å². The average molecular weight is 211 g/mol. The summed E-state index contributed by atoms with van der Waals surface area (Å²) in [6.07, 6.45) is 5.34. The summed E-state index contributed by atoms with van der Waals surface area (Å²) in [4.78, 5) is 0. The van der Waals surface area contributed by atoms with Crippen molar-refractivity contribution >= 4 is 0 Å². The molecule has 0 atom stereocenters. The van der Waals surface area contributed by atoms with Crippen molar-refractivity contribution in [3.05, 3.63) is 0 Å². The van der Waals surface area contributed by atoms with Crippen LogP contribution in [0.5, 0.6) is 0 Å². The number of quaternary nitrogens is 1. The van der Waals surface area contributed by atoms with E-state index >= 15 is 0 Å². The largest absolute Gasteiger partial charge is 0.323 e. The monoisotopic (exact) mass is 211 g/mol. The molecule has 1 N–H and O–H groups in total. The lowest BCUT2D eigenvalue weighted by Gasteiger charge is -2.47. The topological polar surface area (TPSA) is 26.1 Å². The molecule has 2 heterocycles. The van der Waals surface area contributed by atoms with Gasteiger partial charge in [-0.2, -0.15) is 0 Å². The second kappa shape index (κ2) is 4.81. The van der Waals surface area contributed by atoms with E-state index in [9.17, 15) is 0 Å². The average Bonchev–Trinajstić information content (AvgIpc) is 2.31. The van der Waals surface area contributed by atoms with Gasteiger partial charge < -0.3 is 9.80 Å². The molecule has 0 spiro atoms. The van der Waals surface area contributed by atoms with E-state index in [2.05, 4.69) is 17.7 Å². The highest BCUT2D eigenvalue weighted by atomic mass is 15.4. The minimum Gasteiger partial charge on any atom is -0.323 e. The molecular weight excluding hydrogens is 186 g/mol. The Hall–Kier alpha value is -0.120. The van der Waals surface area contributed by atoms with Crippen LogP contribution in [-0.2, 0) is 0 Å². The summed E-state index contributed by atoms with van der Waals surface area (Å²) in [5.41, 5.74) is 0. The maximum absolute atomic E-state index is 4.44. The highest BCUT2D eigenvalue weighted by Crippen LogP contribution is 2.25. The molecule has 0 saturated carbocycles. The van der Waals surface area contributed by atoms with E-state index in [1.54, 1.807) is 0 Å². The Morgan fingerprint density at radius 2 is 1.67 bits per heavy atom. The molecule has 2 rings (SSSR count). The van der Waals surface area contributed by atoms with Crippen LogP contribution in [0.3, 0.4) is 0 Å². The van der Waals surface area contributed by atoms with E-state index in [1.807, 2.05) is 7.05 Å². The number of likely N-dealkylation sites (tertiary alicyclic amines) is 1. The van der Waals surface area contributed by atoms with Crippen LogP contribution in [-0.4, -0.2) is 56.8 Å². The van der Waals surface area contributed by atoms with Crippen LogP contribution in [0.2, 0.25) is 0 Å². The molecule has 87 valence electrons. The maximum Gasteiger partial charge on any atom is 0.0912 e. The Labute approximate surface area is 93.8 Å². The van der Waals surface area contributed by atoms with Gasteiger partial charge in [0.2, 0.25) is 0 Å². The molecule has 0 aromatic carbocycles. The van der Waals surface area contributed by atoms with Crippen molar-refractivity contribution in [1.29, 1.82) is 0 Å². The van der Waals surface area contributed by atoms with Gasteiger partial charge in [-0.25, -0.2) is 5.32 Å². The fraction of sp³-hybridized carbons (Fsp3) is 1.00. The van der Waals surface area contributed by atoms with Crippen LogP contribution in [0, 0.1) is 0 Å². The zero-order valence-corrected chi connectivity index (χ0v) is 10.2. The van der Waals surface area contributed by atoms with Crippen molar-refractivity contribution in [1.82, 2.24) is 10.6 Å². The summed E-state index contributed by atoms with van der Waals surface area (Å²) in [7, 11) is 4.44. The van der Waals surface area contributed by atoms with E-state index < -0.39 is 0 Å². The highest BCUT2D eigenvalue weighted by Gasteiger charge is 2.37. The number of rotatable bonds is 2. The Kier molecular flexibility index (Phi) is 3.65. The molecule has 3 heteroatoms. The lowest BCUT2D eigenvalue weighted by molar-refractivity contribution is -0.938. The summed E-state index contributed by atoms with van der Waals surface area (Å²) in [6, 6.07) is 1.56. The van der Waals surface area contributed by atoms with Crippen molar-refractivity contribution in [3.8, 4) is 0 Å². The van der Waals surface area contributed by atoms with Crippen LogP contribution < -0.4 is 10.6 Å². The summed E-state index contributed by atoms with van der Waals surface area (Å²) >= 11 is 0. The number of piperidine rings is 2. The predicted octanol–water partition coefficient (Wildman–Crippen LogP) is 0.582. The Bertz CT molecular complexity index is 191. The van der Waals surface area contributed by atoms with Gasteiger partial charge in [0.15, 0.2) is 0 Å². The minimum absolute atomic E-state index is 0.651. The third kappa shape index (κ3) is 2.52. The predicted molar refractivity (Wildman–Crippen MR) is 62.9 cm³/mol. The normalized spacial score (nSPS) is 39.2. The third-order valence-electron chi connectivity index (χ3n) is 4.50. The molecule has 0 aliphatic carbocycles. The molecule has 2 aliphatic heterocycles. The first kappa shape index (κ1) is 11.4. The minimum atomic E-state index is 0.651. The van der Waals surface area contributed by atoms with Crippen LogP contribution in [0.4, 0.5) is 0 Å². The van der Waals surface area contributed by atoms with E-state index in [4.69, 9.17) is 0 Å². The fourth-order valence-corrected chi connectivity index (χ4v) is 3.20. The Morgan fingerprint density at radius 3 is 2.20 bits per heavy atom. The van der Waals surface area contributed by atoms with Crippen LogP contribution in [0.25, 0.3) is 0 Å². The molecule has 2 aliphatic rings. The molecule has 0 unspecified atom stereocenters. The summed E-state index contributed by atoms with van der Waals surface area (Å²) in [5.74, 6) is 0. The van der Waals surface area contributed by atoms with Gasteiger partial charge in [0, 0.05) is 51.9 Å². The number of nitrogens with one attached hydrogen (secondary N) is 1. The third-order valence-corrected chi connectivity index (χ3v) is 4.50. The van der Waals surface area contributed by atoms with Gasteiger partial charge in [0.1, 0.15) is 0 Å². The summed E-state index contributed by atoms with van der Waals surface area (Å²) in [6.45, 7) is 5.12. The molecule has 0 bridgehead atoms. The standard InChI is InChI=1S/C12H25N3/c1-13-11-5-9-15(2,10-6-11)12-3-7-14-8-4-12/h11-12,14H,3-10H2,1-2H3/q+1. The van der Waals surface area contributed by atoms with Gasteiger partial charge in [-0.1, -0.05) is 0 Å². The molecule has 2 saturated heterocycles. The number of hydrogen-bond donors (Lipinski definition) is 1. The van der Waals surface area contributed by atoms with Crippen LogP contribution in [0.15, 0.2) is 0 Å². The number of nitrogens with zero attached hydrogens (tertiary/aromatic N) is 2. The van der Waals surface area contributed by atoms with Crippen molar-refractivity contribution in [2.24, 2.45) is 0 Å². The quantitative estimate of drug-likeness (QED) is 0.665. The molecule has 2 fully saturated rings. The summed E-state index contributed by atoms with van der Waals surface area (Å²) in [5, 5.41) is 7.90. The zero-order chi connectivity index (χ0) is 10.7. The molecule has 0 aromatic rings. The van der Waals surface area contributed by atoms with Crippen molar-refractivity contribution in [2.45, 2.75) is 37.8 Å². The van der Waals surface area contributed by atoms with Crippen molar-refractivity contribution < 1.29 is 4.48 Å². The first-order valence-electron chi connectivity index (χ1n) is 6.38. The van der Waals surface area contributed by atoms with Crippen molar-refractivity contribution in [3.63, 3.8) is 0 Å². The second-order valence-corrected chi connectivity index (χ2v) is 5.40. The zero-order valence-electron chi connectivity index (χ0n) is 10.2. The van der Waals surface area contributed by atoms with E-state index in [0.29, 0.717) is 6.04 Å². The molecule has 15 heavy (non-hydrogen) atoms. The van der Waals surface area contributed by atoms with E-state index in [1.165, 1.54) is 56.3 Å². The Morgan fingerprint density at radius 1 is 1.07 bits per heavy atom. The molecule has 0 amide bonds. The first-order valence-corrected chi connectivity index (χ1v) is 6.38. The fourth-order valence-electron chi connectivity index (χ4n) is 3.20. The van der Waals surface area contributed by atoms with Gasteiger partial charge in [-0.05, 0) is 0 Å². The smallest absolute Gasteiger partial charge is 0.0912 e. The maximum atomic E-state index is 4.44. The van der Waals surface area contributed by atoms with E-state index in [-0.39, 0.29) is 0 Å². The van der Waals surface area contributed by atoms with Crippen molar-refractivity contribution in [2.75, 3.05) is 40.3 Å². The SMILES string of the molecule is C[N]C1CC[N+](C)(C2CCNCC2)CC1. The van der Waals surface area contributed by atoms with Gasteiger partial charge in [-0.3, -0.25) is 0 Å². The Balaban J connectivity index is 1.89. The number of hydrogen-bond acceptors (Lipinski definition) is 1. The first-order chi connectivity index (χ1) is 7.24. The van der Waals surface area contributed by atoms with Gasteiger partial charge in [0.25, 0.3) is 0 Å². The molecule has 1 radical (unpaired) electrons. The molecule has 3 nitrogen and oxygen atoms in total. The van der Waals surface area contributed by atoms with Gasteiger partial charge in [0.05, 0.1) is 26.2 Å². The summed E-state index contributed by atoms with van der Waals surface area (Å²) < 4.78 is 1.31. The van der Waals surface area contributed by atoms with Gasteiger partial charge in [-0.15, -0.1) is 0 Å². The second-order valence-electron chi connectivity index (χ2n) is 5.40.